The summed E-state index contributed by atoms with van der Waals surface area (Å²) in [7, 11) is 0. The van der Waals surface area contributed by atoms with Crippen molar-refractivity contribution in [2.24, 2.45) is 0 Å². The highest BCUT2D eigenvalue weighted by molar-refractivity contribution is 7.11. The van der Waals surface area contributed by atoms with Crippen LogP contribution < -0.4 is 5.32 Å². The van der Waals surface area contributed by atoms with Gasteiger partial charge in [0.15, 0.2) is 0 Å². The Hall–Kier alpha value is -0.410. The minimum Gasteiger partial charge on any atom is -0.315 e. The number of nitrogens with zero attached hydrogens (tertiary/aromatic N) is 1. The first-order valence-electron chi connectivity index (χ1n) is 4.48. The van der Waals surface area contributed by atoms with Crippen LogP contribution in [0.25, 0.3) is 0 Å². The molecular weight excluding hydrogens is 168 g/mol. The topological polar surface area (TPSA) is 24.9 Å². The molecule has 0 aromatic carbocycles. The third kappa shape index (κ3) is 1.27. The fourth-order valence-corrected chi connectivity index (χ4v) is 2.52. The molecule has 1 aliphatic heterocycles. The Kier molecular flexibility index (Phi) is 2.15. The minimum absolute atomic E-state index is 0.703. The lowest BCUT2D eigenvalue weighted by Crippen LogP contribution is -2.39. The summed E-state index contributed by atoms with van der Waals surface area (Å²) in [6.45, 7) is 6.56. The van der Waals surface area contributed by atoms with Gasteiger partial charge in [-0.15, -0.1) is 11.3 Å². The van der Waals surface area contributed by atoms with Crippen LogP contribution in [0.1, 0.15) is 28.4 Å². The first-order chi connectivity index (χ1) is 5.81. The summed E-state index contributed by atoms with van der Waals surface area (Å²) < 4.78 is 0. The van der Waals surface area contributed by atoms with E-state index in [-0.39, 0.29) is 0 Å². The Morgan fingerprint density at radius 2 is 2.33 bits per heavy atom. The highest BCUT2D eigenvalue weighted by Crippen LogP contribution is 2.27. The van der Waals surface area contributed by atoms with E-state index in [9.17, 15) is 0 Å². The normalized spacial score (nSPS) is 17.8. The summed E-state index contributed by atoms with van der Waals surface area (Å²) in [6.07, 6.45) is 1.13. The lowest BCUT2D eigenvalue weighted by atomic mass is 10.1. The van der Waals surface area contributed by atoms with E-state index < -0.39 is 0 Å². The average molecular weight is 182 g/mol. The van der Waals surface area contributed by atoms with Crippen LogP contribution in [0.3, 0.4) is 0 Å². The number of thiazole rings is 1. The zero-order valence-electron chi connectivity index (χ0n) is 7.55. The summed E-state index contributed by atoms with van der Waals surface area (Å²) >= 11 is 1.89. The fourth-order valence-electron chi connectivity index (χ4n) is 1.42. The first kappa shape index (κ1) is 8.20. The van der Waals surface area contributed by atoms with Gasteiger partial charge < -0.3 is 5.32 Å². The third-order valence-corrected chi connectivity index (χ3v) is 3.83. The van der Waals surface area contributed by atoms with Crippen molar-refractivity contribution < 1.29 is 0 Å². The van der Waals surface area contributed by atoms with Crippen molar-refractivity contribution in [2.75, 3.05) is 13.1 Å². The minimum atomic E-state index is 0.703. The van der Waals surface area contributed by atoms with Crippen molar-refractivity contribution in [1.82, 2.24) is 10.3 Å². The Balaban J connectivity index is 2.21. The highest BCUT2D eigenvalue weighted by atomic mass is 32.1. The molecule has 0 saturated carbocycles. The average Bonchev–Trinajstić information content (AvgIpc) is 2.27. The summed E-state index contributed by atoms with van der Waals surface area (Å²) in [6, 6.07) is 0. The van der Waals surface area contributed by atoms with Gasteiger partial charge in [0, 0.05) is 23.9 Å². The summed E-state index contributed by atoms with van der Waals surface area (Å²) in [5.41, 5.74) is 1.24. The van der Waals surface area contributed by atoms with E-state index in [1.807, 2.05) is 11.3 Å². The molecule has 66 valence electrons. The second-order valence-corrected chi connectivity index (χ2v) is 4.38. The molecular formula is C9H14N2S. The molecule has 2 rings (SSSR count). The Labute approximate surface area is 77.0 Å². The van der Waals surface area contributed by atoms with E-state index in [4.69, 9.17) is 0 Å². The monoisotopic (exact) mass is 182 g/mol. The molecule has 0 aliphatic carbocycles. The smallest absolute Gasteiger partial charge is 0.0987 e. The molecule has 1 aromatic heterocycles. The second kappa shape index (κ2) is 3.15. The van der Waals surface area contributed by atoms with Crippen LogP contribution in [0.4, 0.5) is 0 Å². The number of hydrogen-bond donors (Lipinski definition) is 1. The Morgan fingerprint density at radius 1 is 1.58 bits per heavy atom. The maximum absolute atomic E-state index is 4.58. The van der Waals surface area contributed by atoms with Gasteiger partial charge in [-0.2, -0.15) is 0 Å². The summed E-state index contributed by atoms with van der Waals surface area (Å²) in [5.74, 6) is 0.703. The van der Waals surface area contributed by atoms with Gasteiger partial charge in [0.2, 0.25) is 0 Å². The van der Waals surface area contributed by atoms with Crippen LogP contribution in [-0.4, -0.2) is 18.1 Å². The van der Waals surface area contributed by atoms with E-state index in [1.165, 1.54) is 15.6 Å². The van der Waals surface area contributed by atoms with Crippen molar-refractivity contribution in [3.05, 3.63) is 15.6 Å². The first-order valence-corrected chi connectivity index (χ1v) is 5.29. The van der Waals surface area contributed by atoms with E-state index in [1.54, 1.807) is 0 Å². The molecule has 0 bridgehead atoms. The van der Waals surface area contributed by atoms with Gasteiger partial charge in [-0.25, -0.2) is 4.98 Å². The molecule has 2 nitrogen and oxygen atoms in total. The molecule has 0 radical (unpaired) electrons. The maximum atomic E-state index is 4.58. The second-order valence-electron chi connectivity index (χ2n) is 3.27. The molecule has 0 unspecified atom stereocenters. The largest absolute Gasteiger partial charge is 0.315 e. The Morgan fingerprint density at radius 3 is 2.75 bits per heavy atom. The molecule has 3 heteroatoms. The van der Waals surface area contributed by atoms with Crippen LogP contribution >= 0.6 is 11.3 Å². The lowest BCUT2D eigenvalue weighted by Gasteiger charge is -2.24. The number of aromatic nitrogens is 1. The predicted molar refractivity (Wildman–Crippen MR) is 51.8 cm³/mol. The van der Waals surface area contributed by atoms with Crippen LogP contribution in [0.15, 0.2) is 0 Å². The van der Waals surface area contributed by atoms with Gasteiger partial charge in [-0.05, 0) is 13.3 Å². The standard InChI is InChI=1S/C9H14N2S/c1-3-8-6(2)11-9(12-8)7-4-10-5-7/h7,10H,3-5H2,1-2H3. The lowest BCUT2D eigenvalue weighted by molar-refractivity contribution is 0.446. The fraction of sp³-hybridized carbons (Fsp3) is 0.667. The molecule has 1 fully saturated rings. The van der Waals surface area contributed by atoms with E-state index >= 15 is 0 Å². The van der Waals surface area contributed by atoms with Crippen LogP contribution in [0, 0.1) is 6.92 Å². The third-order valence-electron chi connectivity index (χ3n) is 2.36. The predicted octanol–water partition coefficient (Wildman–Crippen LogP) is 1.70. The van der Waals surface area contributed by atoms with Crippen molar-refractivity contribution in [2.45, 2.75) is 26.2 Å². The SMILES string of the molecule is CCc1sc(C2CNC2)nc1C. The van der Waals surface area contributed by atoms with Gasteiger partial charge in [0.25, 0.3) is 0 Å². The Bertz CT molecular complexity index is 276. The molecule has 1 aromatic rings. The summed E-state index contributed by atoms with van der Waals surface area (Å²) in [4.78, 5) is 6.04. The van der Waals surface area contributed by atoms with Gasteiger partial charge >= 0.3 is 0 Å². The van der Waals surface area contributed by atoms with Gasteiger partial charge in [0.1, 0.15) is 0 Å². The van der Waals surface area contributed by atoms with E-state index in [0.717, 1.165) is 19.5 Å². The molecule has 2 heterocycles. The van der Waals surface area contributed by atoms with Crippen molar-refractivity contribution in [1.29, 1.82) is 0 Å². The molecule has 1 N–H and O–H groups in total. The number of nitrogens with one attached hydrogen (secondary N) is 1. The van der Waals surface area contributed by atoms with Crippen molar-refractivity contribution in [3.8, 4) is 0 Å². The molecule has 1 aliphatic rings. The van der Waals surface area contributed by atoms with Crippen LogP contribution in [0.2, 0.25) is 0 Å². The molecule has 0 atom stereocenters. The van der Waals surface area contributed by atoms with Crippen LogP contribution in [-0.2, 0) is 6.42 Å². The number of aryl methyl sites for hydroxylation is 2. The zero-order chi connectivity index (χ0) is 8.55. The summed E-state index contributed by atoms with van der Waals surface area (Å²) in [5, 5.41) is 4.61. The molecule has 12 heavy (non-hydrogen) atoms. The molecule has 0 spiro atoms. The molecule has 0 amide bonds. The van der Waals surface area contributed by atoms with E-state index in [0.29, 0.717) is 5.92 Å². The van der Waals surface area contributed by atoms with Gasteiger partial charge in [0.05, 0.1) is 10.7 Å². The van der Waals surface area contributed by atoms with Gasteiger partial charge in [-0.1, -0.05) is 6.92 Å². The zero-order valence-corrected chi connectivity index (χ0v) is 8.37. The number of rotatable bonds is 2. The van der Waals surface area contributed by atoms with Crippen molar-refractivity contribution >= 4 is 11.3 Å². The van der Waals surface area contributed by atoms with Gasteiger partial charge in [-0.3, -0.25) is 0 Å². The van der Waals surface area contributed by atoms with Crippen molar-refractivity contribution in [3.63, 3.8) is 0 Å². The maximum Gasteiger partial charge on any atom is 0.0987 e. The number of hydrogen-bond acceptors (Lipinski definition) is 3. The van der Waals surface area contributed by atoms with Crippen LogP contribution in [0.5, 0.6) is 0 Å². The van der Waals surface area contributed by atoms with E-state index in [2.05, 4.69) is 24.1 Å². The molecule has 1 saturated heterocycles. The highest BCUT2D eigenvalue weighted by Gasteiger charge is 2.22. The quantitative estimate of drug-likeness (QED) is 0.753.